The third-order valence-corrected chi connectivity index (χ3v) is 5.20. The van der Waals surface area contributed by atoms with Crippen LogP contribution in [0.5, 0.6) is 0 Å². The van der Waals surface area contributed by atoms with Crippen LogP contribution < -0.4 is 10.6 Å². The Morgan fingerprint density at radius 1 is 1.08 bits per heavy atom. The van der Waals surface area contributed by atoms with Gasteiger partial charge in [0.2, 0.25) is 0 Å². The van der Waals surface area contributed by atoms with Crippen molar-refractivity contribution in [3.8, 4) is 0 Å². The molecule has 0 atom stereocenters. The number of aliphatic imine (C=N–C) groups is 1. The Morgan fingerprint density at radius 2 is 1.85 bits per heavy atom. The molecule has 0 saturated carbocycles. The van der Waals surface area contributed by atoms with Crippen LogP contribution in [-0.4, -0.2) is 55.9 Å². The Balaban J connectivity index is 1.83. The van der Waals surface area contributed by atoms with Gasteiger partial charge in [-0.25, -0.2) is 4.99 Å². The van der Waals surface area contributed by atoms with Gasteiger partial charge in [0.05, 0.1) is 11.4 Å². The van der Waals surface area contributed by atoms with Gasteiger partial charge in [-0.2, -0.15) is 0 Å². The molecule has 0 amide bonds. The number of nitrogens with zero attached hydrogens (tertiary/aromatic N) is 3. The normalized spacial score (nSPS) is 17.0. The molecule has 1 saturated heterocycles. The van der Waals surface area contributed by atoms with E-state index in [1.165, 1.54) is 5.56 Å². The first-order valence-electron chi connectivity index (χ1n) is 9.01. The van der Waals surface area contributed by atoms with Gasteiger partial charge in [-0.05, 0) is 50.0 Å². The molecule has 26 heavy (non-hydrogen) atoms. The number of anilines is 2. The summed E-state index contributed by atoms with van der Waals surface area (Å²) in [6, 6.07) is 12.4. The van der Waals surface area contributed by atoms with Crippen molar-refractivity contribution in [2.24, 2.45) is 4.99 Å². The van der Waals surface area contributed by atoms with Crippen LogP contribution in [0, 0.1) is 0 Å². The van der Waals surface area contributed by atoms with Crippen LogP contribution in [0.1, 0.15) is 11.1 Å². The Labute approximate surface area is 159 Å². The molecule has 0 radical (unpaired) electrons. The van der Waals surface area contributed by atoms with E-state index in [1.807, 2.05) is 25.2 Å². The van der Waals surface area contributed by atoms with Gasteiger partial charge in [0, 0.05) is 49.0 Å². The fraction of sp³-hybridized carbons (Fsp3) is 0.350. The highest BCUT2D eigenvalue weighted by Gasteiger charge is 2.24. The molecule has 0 aromatic heterocycles. The Kier molecular flexibility index (Phi) is 4.85. The lowest BCUT2D eigenvalue weighted by atomic mass is 10.1. The monoisotopic (exact) mass is 369 g/mol. The number of piperazine rings is 1. The molecule has 2 aromatic carbocycles. The van der Waals surface area contributed by atoms with E-state index in [1.54, 1.807) is 0 Å². The van der Waals surface area contributed by atoms with E-state index < -0.39 is 0 Å². The second kappa shape index (κ2) is 7.27. The first-order valence-corrected chi connectivity index (χ1v) is 9.38. The Morgan fingerprint density at radius 3 is 2.62 bits per heavy atom. The van der Waals surface area contributed by atoms with Crippen LogP contribution in [0.2, 0.25) is 5.02 Å². The maximum Gasteiger partial charge on any atom is 0.138 e. The molecule has 2 aliphatic rings. The van der Waals surface area contributed by atoms with E-state index in [2.05, 4.69) is 45.7 Å². The van der Waals surface area contributed by atoms with E-state index >= 15 is 0 Å². The standard InChI is InChI=1S/C20H24ClN5/c1-22-13-14-3-5-17-16(11-14)20(26-9-7-25(2)8-10-26)24-19-12-15(21)4-6-18(19)23-17/h3-6,11-12,22-23H,7-10,13H2,1-2H3. The van der Waals surface area contributed by atoms with Crippen LogP contribution in [-0.2, 0) is 6.54 Å². The molecule has 2 N–H and O–H groups in total. The molecule has 1 fully saturated rings. The molecule has 4 rings (SSSR count). The maximum absolute atomic E-state index is 6.23. The van der Waals surface area contributed by atoms with Gasteiger partial charge in [0.1, 0.15) is 5.84 Å². The summed E-state index contributed by atoms with van der Waals surface area (Å²) >= 11 is 6.23. The third-order valence-electron chi connectivity index (χ3n) is 4.96. The molecule has 0 spiro atoms. The van der Waals surface area contributed by atoms with Crippen molar-refractivity contribution >= 4 is 34.5 Å². The van der Waals surface area contributed by atoms with E-state index in [0.717, 1.165) is 61.2 Å². The van der Waals surface area contributed by atoms with Crippen LogP contribution >= 0.6 is 11.6 Å². The average Bonchev–Trinajstić information content (AvgIpc) is 2.79. The summed E-state index contributed by atoms with van der Waals surface area (Å²) in [5, 5.41) is 7.48. The summed E-state index contributed by atoms with van der Waals surface area (Å²) < 4.78 is 0. The fourth-order valence-electron chi connectivity index (χ4n) is 3.48. The van der Waals surface area contributed by atoms with Crippen molar-refractivity contribution in [1.29, 1.82) is 0 Å². The van der Waals surface area contributed by atoms with Gasteiger partial charge in [0.15, 0.2) is 0 Å². The minimum Gasteiger partial charge on any atom is -0.353 e. The molecule has 0 bridgehead atoms. The van der Waals surface area contributed by atoms with E-state index in [9.17, 15) is 0 Å². The molecule has 0 unspecified atom stereocenters. The summed E-state index contributed by atoms with van der Waals surface area (Å²) in [5.74, 6) is 1.03. The quantitative estimate of drug-likeness (QED) is 0.851. The van der Waals surface area contributed by atoms with Gasteiger partial charge >= 0.3 is 0 Å². The topological polar surface area (TPSA) is 42.9 Å². The molecule has 136 valence electrons. The maximum atomic E-state index is 6.23. The average molecular weight is 370 g/mol. The third kappa shape index (κ3) is 3.43. The van der Waals surface area contributed by atoms with Crippen molar-refractivity contribution in [1.82, 2.24) is 15.1 Å². The highest BCUT2D eigenvalue weighted by molar-refractivity contribution is 6.31. The van der Waals surface area contributed by atoms with Crippen LogP contribution in [0.25, 0.3) is 0 Å². The lowest BCUT2D eigenvalue weighted by molar-refractivity contribution is 0.216. The highest BCUT2D eigenvalue weighted by atomic mass is 35.5. The number of hydrogen-bond donors (Lipinski definition) is 2. The largest absolute Gasteiger partial charge is 0.353 e. The number of nitrogens with one attached hydrogen (secondary N) is 2. The van der Waals surface area contributed by atoms with Crippen molar-refractivity contribution in [2.45, 2.75) is 6.54 Å². The predicted octanol–water partition coefficient (Wildman–Crippen LogP) is 3.44. The SMILES string of the molecule is CNCc1ccc2c(c1)C(N1CCN(C)CC1)=Nc1cc(Cl)ccc1N2. The van der Waals surface area contributed by atoms with Crippen LogP contribution in [0.3, 0.4) is 0 Å². The number of fused-ring (bicyclic) bond motifs is 2. The lowest BCUT2D eigenvalue weighted by Crippen LogP contribution is -2.47. The molecular weight excluding hydrogens is 346 g/mol. The Hall–Kier alpha value is -2.08. The van der Waals surface area contributed by atoms with E-state index in [0.29, 0.717) is 5.02 Å². The first-order chi connectivity index (χ1) is 12.6. The Bertz CT molecular complexity index is 840. The minimum absolute atomic E-state index is 0.703. The number of halogens is 1. The summed E-state index contributed by atoms with van der Waals surface area (Å²) in [4.78, 5) is 9.79. The van der Waals surface area contributed by atoms with Crippen LogP contribution in [0.4, 0.5) is 17.1 Å². The molecule has 5 nitrogen and oxygen atoms in total. The molecule has 2 aliphatic heterocycles. The van der Waals surface area contributed by atoms with Crippen molar-refractivity contribution < 1.29 is 0 Å². The number of rotatable bonds is 2. The van der Waals surface area contributed by atoms with Crippen molar-refractivity contribution in [3.63, 3.8) is 0 Å². The zero-order valence-corrected chi connectivity index (χ0v) is 16.0. The molecule has 2 aromatic rings. The number of likely N-dealkylation sites (N-methyl/N-ethyl adjacent to an activating group) is 1. The second-order valence-corrected chi connectivity index (χ2v) is 7.36. The summed E-state index contributed by atoms with van der Waals surface area (Å²) in [6.45, 7) is 4.87. The molecule has 6 heteroatoms. The zero-order chi connectivity index (χ0) is 18.1. The minimum atomic E-state index is 0.703. The smallest absolute Gasteiger partial charge is 0.138 e. The van der Waals surface area contributed by atoms with Crippen molar-refractivity contribution in [2.75, 3.05) is 45.6 Å². The van der Waals surface area contributed by atoms with E-state index in [-0.39, 0.29) is 0 Å². The molecular formula is C20H24ClN5. The number of benzene rings is 2. The second-order valence-electron chi connectivity index (χ2n) is 6.92. The highest BCUT2D eigenvalue weighted by Crippen LogP contribution is 2.37. The fourth-order valence-corrected chi connectivity index (χ4v) is 3.65. The number of hydrogen-bond acceptors (Lipinski definition) is 5. The lowest BCUT2D eigenvalue weighted by Gasteiger charge is -2.35. The number of amidine groups is 1. The molecule has 0 aliphatic carbocycles. The molecule has 2 heterocycles. The first kappa shape index (κ1) is 17.3. The van der Waals surface area contributed by atoms with Gasteiger partial charge in [-0.1, -0.05) is 17.7 Å². The van der Waals surface area contributed by atoms with Crippen molar-refractivity contribution in [3.05, 3.63) is 52.5 Å². The van der Waals surface area contributed by atoms with E-state index in [4.69, 9.17) is 16.6 Å². The summed E-state index contributed by atoms with van der Waals surface area (Å²) in [5.41, 5.74) is 5.36. The predicted molar refractivity (Wildman–Crippen MR) is 109 cm³/mol. The van der Waals surface area contributed by atoms with Gasteiger partial charge in [0.25, 0.3) is 0 Å². The summed E-state index contributed by atoms with van der Waals surface area (Å²) in [6.07, 6.45) is 0. The van der Waals surface area contributed by atoms with Gasteiger partial charge in [-0.15, -0.1) is 0 Å². The van der Waals surface area contributed by atoms with Gasteiger partial charge < -0.3 is 20.4 Å². The zero-order valence-electron chi connectivity index (χ0n) is 15.2. The van der Waals surface area contributed by atoms with Crippen LogP contribution in [0.15, 0.2) is 41.4 Å². The van der Waals surface area contributed by atoms with Gasteiger partial charge in [-0.3, -0.25) is 0 Å². The summed E-state index contributed by atoms with van der Waals surface area (Å²) in [7, 11) is 4.14.